The van der Waals surface area contributed by atoms with Gasteiger partial charge in [-0.15, -0.1) is 0 Å². The monoisotopic (exact) mass is 272 g/mol. The lowest BCUT2D eigenvalue weighted by atomic mass is 10.1. The van der Waals surface area contributed by atoms with Gasteiger partial charge in [0.1, 0.15) is 5.02 Å². The second-order valence-corrected chi connectivity index (χ2v) is 4.09. The molecule has 0 aliphatic heterocycles. The van der Waals surface area contributed by atoms with Crippen molar-refractivity contribution in [3.05, 3.63) is 38.9 Å². The average molecular weight is 273 g/mol. The number of nitro benzene ring substituents is 1. The lowest BCUT2D eigenvalue weighted by Gasteiger charge is -2.13. The minimum Gasteiger partial charge on any atom is -0.394 e. The molecule has 0 aromatic heterocycles. The van der Waals surface area contributed by atoms with E-state index in [0.717, 1.165) is 0 Å². The Hall–Kier alpha value is -1.66. The summed E-state index contributed by atoms with van der Waals surface area (Å²) in [6, 6.07) is 3.39. The van der Waals surface area contributed by atoms with Gasteiger partial charge in [-0.25, -0.2) is 0 Å². The van der Waals surface area contributed by atoms with E-state index in [0.29, 0.717) is 6.42 Å². The van der Waals surface area contributed by atoms with Gasteiger partial charge in [0, 0.05) is 11.6 Å². The van der Waals surface area contributed by atoms with Gasteiger partial charge in [-0.05, 0) is 18.6 Å². The Kier molecular flexibility index (Phi) is 5.06. The van der Waals surface area contributed by atoms with Crippen LogP contribution in [-0.2, 0) is 0 Å². The number of aliphatic hydroxyl groups excluding tert-OH is 1. The van der Waals surface area contributed by atoms with E-state index in [9.17, 15) is 14.9 Å². The Balaban J connectivity index is 2.88. The molecule has 7 heteroatoms. The van der Waals surface area contributed by atoms with Crippen molar-refractivity contribution in [2.24, 2.45) is 0 Å². The number of nitro groups is 1. The smallest absolute Gasteiger partial charge is 0.287 e. The van der Waals surface area contributed by atoms with Crippen molar-refractivity contribution < 1.29 is 14.8 Å². The number of nitrogens with zero attached hydrogens (tertiary/aromatic N) is 1. The van der Waals surface area contributed by atoms with Gasteiger partial charge in [0.2, 0.25) is 0 Å². The summed E-state index contributed by atoms with van der Waals surface area (Å²) in [7, 11) is 0. The Labute approximate surface area is 109 Å². The summed E-state index contributed by atoms with van der Waals surface area (Å²) in [4.78, 5) is 21.7. The number of rotatable bonds is 5. The Bertz CT molecular complexity index is 460. The Morgan fingerprint density at radius 2 is 2.28 bits per heavy atom. The van der Waals surface area contributed by atoms with E-state index in [2.05, 4.69) is 5.32 Å². The van der Waals surface area contributed by atoms with Crippen molar-refractivity contribution in [2.45, 2.75) is 19.4 Å². The van der Waals surface area contributed by atoms with Crippen LogP contribution in [0.3, 0.4) is 0 Å². The molecule has 0 heterocycles. The van der Waals surface area contributed by atoms with E-state index in [1.165, 1.54) is 18.2 Å². The SMILES string of the molecule is CC[C@H](CO)NC(=O)c1ccc([N+](=O)[O-])c(Cl)c1. The Morgan fingerprint density at radius 3 is 2.72 bits per heavy atom. The summed E-state index contributed by atoms with van der Waals surface area (Å²) in [6.07, 6.45) is 0.586. The predicted molar refractivity (Wildman–Crippen MR) is 66.7 cm³/mol. The normalized spacial score (nSPS) is 11.9. The van der Waals surface area contributed by atoms with Crippen LogP contribution in [0.5, 0.6) is 0 Å². The van der Waals surface area contributed by atoms with Crippen molar-refractivity contribution in [3.63, 3.8) is 0 Å². The first-order valence-electron chi connectivity index (χ1n) is 5.35. The van der Waals surface area contributed by atoms with Crippen LogP contribution >= 0.6 is 11.6 Å². The zero-order valence-electron chi connectivity index (χ0n) is 9.72. The van der Waals surface area contributed by atoms with Gasteiger partial charge in [0.05, 0.1) is 17.6 Å². The molecule has 1 aromatic carbocycles. The maximum atomic E-state index is 11.8. The molecule has 98 valence electrons. The molecule has 0 saturated carbocycles. The van der Waals surface area contributed by atoms with Gasteiger partial charge in [0.15, 0.2) is 0 Å². The van der Waals surface area contributed by atoms with Crippen molar-refractivity contribution in [1.82, 2.24) is 5.32 Å². The number of carbonyl (C=O) groups excluding carboxylic acids is 1. The molecule has 1 aromatic rings. The van der Waals surface area contributed by atoms with Crippen LogP contribution in [0.1, 0.15) is 23.7 Å². The number of nitrogens with one attached hydrogen (secondary N) is 1. The first kappa shape index (κ1) is 14.4. The highest BCUT2D eigenvalue weighted by molar-refractivity contribution is 6.33. The second kappa shape index (κ2) is 6.32. The topological polar surface area (TPSA) is 92.5 Å². The number of amides is 1. The molecule has 1 amide bonds. The van der Waals surface area contributed by atoms with Gasteiger partial charge < -0.3 is 10.4 Å². The van der Waals surface area contributed by atoms with Crippen LogP contribution in [-0.4, -0.2) is 28.6 Å². The lowest BCUT2D eigenvalue weighted by molar-refractivity contribution is -0.384. The van der Waals surface area contributed by atoms with E-state index < -0.39 is 10.8 Å². The molecule has 0 fully saturated rings. The molecule has 18 heavy (non-hydrogen) atoms. The van der Waals surface area contributed by atoms with Gasteiger partial charge in [-0.1, -0.05) is 18.5 Å². The molecule has 0 aliphatic carbocycles. The Morgan fingerprint density at radius 1 is 1.61 bits per heavy atom. The fraction of sp³-hybridized carbons (Fsp3) is 0.364. The summed E-state index contributed by atoms with van der Waals surface area (Å²) in [5, 5.41) is 22.0. The molecule has 0 saturated heterocycles. The maximum Gasteiger partial charge on any atom is 0.287 e. The predicted octanol–water partition coefficient (Wildman–Crippen LogP) is 1.75. The number of halogens is 1. The third-order valence-electron chi connectivity index (χ3n) is 2.45. The van der Waals surface area contributed by atoms with E-state index in [-0.39, 0.29) is 28.9 Å². The van der Waals surface area contributed by atoms with Crippen LogP contribution in [0.25, 0.3) is 0 Å². The number of hydrogen-bond acceptors (Lipinski definition) is 4. The van der Waals surface area contributed by atoms with Crippen molar-refractivity contribution in [1.29, 1.82) is 0 Å². The number of aliphatic hydroxyl groups is 1. The summed E-state index contributed by atoms with van der Waals surface area (Å²) in [6.45, 7) is 1.66. The molecule has 2 N–H and O–H groups in total. The molecule has 0 spiro atoms. The first-order chi connectivity index (χ1) is 8.49. The first-order valence-corrected chi connectivity index (χ1v) is 5.73. The molecule has 1 atom stereocenters. The summed E-state index contributed by atoms with van der Waals surface area (Å²) < 4.78 is 0. The van der Waals surface area contributed by atoms with Gasteiger partial charge in [-0.2, -0.15) is 0 Å². The third-order valence-corrected chi connectivity index (χ3v) is 2.76. The largest absolute Gasteiger partial charge is 0.394 e. The average Bonchev–Trinajstić information content (AvgIpc) is 2.34. The number of carbonyl (C=O) groups is 1. The fourth-order valence-electron chi connectivity index (χ4n) is 1.34. The van der Waals surface area contributed by atoms with E-state index in [1.54, 1.807) is 0 Å². The number of hydrogen-bond donors (Lipinski definition) is 2. The minimum atomic E-state index is -0.618. The number of benzene rings is 1. The molecular weight excluding hydrogens is 260 g/mol. The second-order valence-electron chi connectivity index (χ2n) is 3.68. The van der Waals surface area contributed by atoms with Crippen molar-refractivity contribution in [3.8, 4) is 0 Å². The van der Waals surface area contributed by atoms with Gasteiger partial charge in [-0.3, -0.25) is 14.9 Å². The van der Waals surface area contributed by atoms with Gasteiger partial charge >= 0.3 is 0 Å². The highest BCUT2D eigenvalue weighted by atomic mass is 35.5. The van der Waals surface area contributed by atoms with Gasteiger partial charge in [0.25, 0.3) is 11.6 Å². The van der Waals surface area contributed by atoms with E-state index in [4.69, 9.17) is 16.7 Å². The maximum absolute atomic E-state index is 11.8. The summed E-state index contributed by atoms with van der Waals surface area (Å²) >= 11 is 5.70. The van der Waals surface area contributed by atoms with Crippen LogP contribution < -0.4 is 5.32 Å². The zero-order valence-corrected chi connectivity index (χ0v) is 10.5. The summed E-state index contributed by atoms with van der Waals surface area (Å²) in [5.41, 5.74) is -0.0279. The van der Waals surface area contributed by atoms with E-state index in [1.807, 2.05) is 6.92 Å². The summed E-state index contributed by atoms with van der Waals surface area (Å²) in [5.74, 6) is -0.423. The highest BCUT2D eigenvalue weighted by Crippen LogP contribution is 2.24. The van der Waals surface area contributed by atoms with Crippen molar-refractivity contribution >= 4 is 23.2 Å². The molecule has 0 aliphatic rings. The molecular formula is C11H13ClN2O4. The third kappa shape index (κ3) is 3.41. The molecule has 1 rings (SSSR count). The van der Waals surface area contributed by atoms with Crippen molar-refractivity contribution in [2.75, 3.05) is 6.61 Å². The molecule has 6 nitrogen and oxygen atoms in total. The molecule has 0 unspecified atom stereocenters. The highest BCUT2D eigenvalue weighted by Gasteiger charge is 2.16. The molecule has 0 bridgehead atoms. The van der Waals surface area contributed by atoms with Crippen LogP contribution in [0.4, 0.5) is 5.69 Å². The lowest BCUT2D eigenvalue weighted by Crippen LogP contribution is -2.36. The standard InChI is InChI=1S/C11H13ClN2O4/c1-2-8(6-15)13-11(16)7-3-4-10(14(17)18)9(12)5-7/h3-5,8,15H,2,6H2,1H3,(H,13,16)/t8-/m1/s1. The fourth-order valence-corrected chi connectivity index (χ4v) is 1.59. The molecule has 0 radical (unpaired) electrons. The zero-order chi connectivity index (χ0) is 13.7. The van der Waals surface area contributed by atoms with Crippen LogP contribution in [0.2, 0.25) is 5.02 Å². The van der Waals surface area contributed by atoms with E-state index >= 15 is 0 Å². The van der Waals surface area contributed by atoms with Crippen LogP contribution in [0, 0.1) is 10.1 Å². The van der Waals surface area contributed by atoms with Crippen LogP contribution in [0.15, 0.2) is 18.2 Å². The quantitative estimate of drug-likeness (QED) is 0.631. The minimum absolute atomic E-state index is 0.0929.